The molecule has 0 radical (unpaired) electrons. The molecule has 0 saturated heterocycles. The van der Waals surface area contributed by atoms with Crippen LogP contribution in [-0.2, 0) is 9.59 Å². The van der Waals surface area contributed by atoms with Crippen LogP contribution in [0.4, 0.5) is 15.8 Å². The van der Waals surface area contributed by atoms with Gasteiger partial charge in [0.1, 0.15) is 23.0 Å². The van der Waals surface area contributed by atoms with E-state index in [1.54, 1.807) is 78.9 Å². The van der Waals surface area contributed by atoms with Crippen molar-refractivity contribution in [3.63, 3.8) is 0 Å². The summed E-state index contributed by atoms with van der Waals surface area (Å²) in [7, 11) is 3.06. The number of carbonyl (C=O) groups is 3. The van der Waals surface area contributed by atoms with E-state index in [1.807, 2.05) is 0 Å². The molecule has 8 nitrogen and oxygen atoms in total. The quantitative estimate of drug-likeness (QED) is 0.148. The van der Waals surface area contributed by atoms with Gasteiger partial charge in [-0.2, -0.15) is 0 Å². The summed E-state index contributed by atoms with van der Waals surface area (Å²) >= 11 is 1.31. The Labute approximate surface area is 246 Å². The zero-order valence-electron chi connectivity index (χ0n) is 22.8. The number of ether oxygens (including phenoxy) is 2. The molecule has 4 aromatic rings. The van der Waals surface area contributed by atoms with E-state index in [9.17, 15) is 18.8 Å². The molecule has 0 atom stereocenters. The molecule has 0 aliphatic heterocycles. The third kappa shape index (κ3) is 8.45. The van der Waals surface area contributed by atoms with E-state index >= 15 is 0 Å². The second-order valence-electron chi connectivity index (χ2n) is 8.82. The lowest BCUT2D eigenvalue weighted by molar-refractivity contribution is -0.114. The third-order valence-corrected chi connectivity index (χ3v) is 6.86. The fraction of sp³-hybridized carbons (Fsp3) is 0.0938. The Hall–Kier alpha value is -5.09. The van der Waals surface area contributed by atoms with E-state index in [-0.39, 0.29) is 22.9 Å². The van der Waals surface area contributed by atoms with E-state index in [4.69, 9.17) is 9.47 Å². The zero-order valence-corrected chi connectivity index (χ0v) is 23.7. The van der Waals surface area contributed by atoms with Gasteiger partial charge in [-0.25, -0.2) is 4.39 Å². The molecular weight excluding hydrogens is 557 g/mol. The van der Waals surface area contributed by atoms with Crippen molar-refractivity contribution >= 4 is 46.9 Å². The standard InChI is InChI=1S/C32H28FN3O5S/c1-40-25-17-24(18-26(19-25)41-2)34-30(37)20-42-27-14-12-23(13-15-27)35-32(39)29(16-22-10-6-7-11-28(22)33)36-31(38)21-8-4-3-5-9-21/h3-19H,20H2,1-2H3,(H,34,37)(H,35,39)(H,36,38)/b29-16-. The maximum atomic E-state index is 14.3. The van der Waals surface area contributed by atoms with E-state index in [0.717, 1.165) is 4.90 Å². The lowest BCUT2D eigenvalue weighted by Gasteiger charge is -2.12. The molecule has 3 N–H and O–H groups in total. The molecule has 0 aromatic heterocycles. The molecule has 0 heterocycles. The van der Waals surface area contributed by atoms with Crippen LogP contribution in [0.25, 0.3) is 6.08 Å². The summed E-state index contributed by atoms with van der Waals surface area (Å²) < 4.78 is 24.8. The number of hydrogen-bond donors (Lipinski definition) is 3. The molecule has 0 unspecified atom stereocenters. The first kappa shape index (κ1) is 29.9. The molecule has 42 heavy (non-hydrogen) atoms. The van der Waals surface area contributed by atoms with Crippen LogP contribution in [0.2, 0.25) is 0 Å². The van der Waals surface area contributed by atoms with Gasteiger partial charge in [0.2, 0.25) is 5.91 Å². The second-order valence-corrected chi connectivity index (χ2v) is 9.87. The highest BCUT2D eigenvalue weighted by atomic mass is 32.2. The van der Waals surface area contributed by atoms with Crippen molar-refractivity contribution in [2.45, 2.75) is 4.90 Å². The SMILES string of the molecule is COc1cc(NC(=O)CSc2ccc(NC(=O)/C(=C/c3ccccc3F)NC(=O)c3ccccc3)cc2)cc(OC)c1. The Bertz CT molecular complexity index is 1570. The Morgan fingerprint density at radius 3 is 2.07 bits per heavy atom. The van der Waals surface area contributed by atoms with Crippen molar-refractivity contribution < 1.29 is 28.2 Å². The van der Waals surface area contributed by atoms with E-state index in [2.05, 4.69) is 16.0 Å². The number of amides is 3. The summed E-state index contributed by atoms with van der Waals surface area (Å²) in [6, 6.07) is 26.3. The number of thioether (sulfide) groups is 1. The van der Waals surface area contributed by atoms with Gasteiger partial charge in [-0.1, -0.05) is 36.4 Å². The zero-order chi connectivity index (χ0) is 29.9. The van der Waals surface area contributed by atoms with Crippen molar-refractivity contribution in [3.8, 4) is 11.5 Å². The summed E-state index contributed by atoms with van der Waals surface area (Å²) in [6.45, 7) is 0. The summed E-state index contributed by atoms with van der Waals surface area (Å²) in [5.41, 5.74) is 1.37. The predicted molar refractivity (Wildman–Crippen MR) is 162 cm³/mol. The van der Waals surface area contributed by atoms with Crippen LogP contribution in [0, 0.1) is 5.82 Å². The fourth-order valence-electron chi connectivity index (χ4n) is 3.75. The number of nitrogens with one attached hydrogen (secondary N) is 3. The average Bonchev–Trinajstić information content (AvgIpc) is 3.01. The van der Waals surface area contributed by atoms with E-state index in [0.29, 0.717) is 28.4 Å². The van der Waals surface area contributed by atoms with Crippen molar-refractivity contribution in [2.75, 3.05) is 30.6 Å². The molecule has 4 rings (SSSR count). The van der Waals surface area contributed by atoms with Gasteiger partial charge in [-0.05, 0) is 48.5 Å². The number of hydrogen-bond acceptors (Lipinski definition) is 6. The Morgan fingerprint density at radius 2 is 1.43 bits per heavy atom. The van der Waals surface area contributed by atoms with Crippen molar-refractivity contribution in [2.24, 2.45) is 0 Å². The minimum Gasteiger partial charge on any atom is -0.497 e. The van der Waals surface area contributed by atoms with Crippen LogP contribution in [0.3, 0.4) is 0 Å². The molecule has 0 spiro atoms. The van der Waals surface area contributed by atoms with Crippen molar-refractivity contribution in [1.82, 2.24) is 5.32 Å². The van der Waals surface area contributed by atoms with Gasteiger partial charge < -0.3 is 25.4 Å². The fourth-order valence-corrected chi connectivity index (χ4v) is 4.45. The van der Waals surface area contributed by atoms with E-state index in [1.165, 1.54) is 50.3 Å². The van der Waals surface area contributed by atoms with Crippen LogP contribution < -0.4 is 25.4 Å². The summed E-state index contributed by atoms with van der Waals surface area (Å²) in [4.78, 5) is 39.2. The summed E-state index contributed by atoms with van der Waals surface area (Å²) in [6.07, 6.45) is 1.28. The number of halogens is 1. The third-order valence-electron chi connectivity index (χ3n) is 5.85. The number of benzene rings is 4. The monoisotopic (exact) mass is 585 g/mol. The van der Waals surface area contributed by atoms with Gasteiger partial charge in [0.15, 0.2) is 0 Å². The van der Waals surface area contributed by atoms with Gasteiger partial charge in [-0.3, -0.25) is 14.4 Å². The first-order valence-corrected chi connectivity index (χ1v) is 13.7. The van der Waals surface area contributed by atoms with Crippen LogP contribution in [0.5, 0.6) is 11.5 Å². The highest BCUT2D eigenvalue weighted by Gasteiger charge is 2.16. The molecule has 10 heteroatoms. The summed E-state index contributed by atoms with van der Waals surface area (Å²) in [5.74, 6) is -0.631. The lowest BCUT2D eigenvalue weighted by atomic mass is 10.1. The van der Waals surface area contributed by atoms with Crippen LogP contribution in [-0.4, -0.2) is 37.7 Å². The maximum absolute atomic E-state index is 14.3. The Kier molecular flexibility index (Phi) is 10.3. The molecule has 4 aromatic carbocycles. The number of anilines is 2. The minimum absolute atomic E-state index is 0.127. The smallest absolute Gasteiger partial charge is 0.272 e. The largest absolute Gasteiger partial charge is 0.497 e. The van der Waals surface area contributed by atoms with Crippen LogP contribution in [0.1, 0.15) is 15.9 Å². The lowest BCUT2D eigenvalue weighted by Crippen LogP contribution is -2.30. The first-order chi connectivity index (χ1) is 20.3. The Morgan fingerprint density at radius 1 is 0.786 bits per heavy atom. The maximum Gasteiger partial charge on any atom is 0.272 e. The van der Waals surface area contributed by atoms with Gasteiger partial charge in [0.25, 0.3) is 11.8 Å². The molecule has 0 saturated carbocycles. The van der Waals surface area contributed by atoms with Crippen molar-refractivity contribution in [3.05, 3.63) is 120 Å². The van der Waals surface area contributed by atoms with Crippen LogP contribution in [0.15, 0.2) is 108 Å². The van der Waals surface area contributed by atoms with Gasteiger partial charge in [0.05, 0.1) is 20.0 Å². The van der Waals surface area contributed by atoms with Crippen molar-refractivity contribution in [1.29, 1.82) is 0 Å². The molecule has 0 bridgehead atoms. The average molecular weight is 586 g/mol. The molecular formula is C32H28FN3O5S. The van der Waals surface area contributed by atoms with Gasteiger partial charge in [0, 0.05) is 45.6 Å². The predicted octanol–water partition coefficient (Wildman–Crippen LogP) is 5.98. The number of methoxy groups -OCH3 is 2. The highest BCUT2D eigenvalue weighted by Crippen LogP contribution is 2.26. The first-order valence-electron chi connectivity index (χ1n) is 12.7. The molecule has 0 fully saturated rings. The van der Waals surface area contributed by atoms with Crippen LogP contribution >= 0.6 is 11.8 Å². The van der Waals surface area contributed by atoms with Gasteiger partial charge in [-0.15, -0.1) is 11.8 Å². The number of rotatable bonds is 11. The normalized spacial score (nSPS) is 10.9. The molecule has 214 valence electrons. The summed E-state index contributed by atoms with van der Waals surface area (Å²) in [5, 5.41) is 8.13. The number of carbonyl (C=O) groups excluding carboxylic acids is 3. The Balaban J connectivity index is 1.40. The molecule has 3 amide bonds. The minimum atomic E-state index is -0.629. The molecule has 0 aliphatic rings. The van der Waals surface area contributed by atoms with E-state index < -0.39 is 17.6 Å². The van der Waals surface area contributed by atoms with Gasteiger partial charge >= 0.3 is 0 Å². The second kappa shape index (κ2) is 14.5. The topological polar surface area (TPSA) is 106 Å². The highest BCUT2D eigenvalue weighted by molar-refractivity contribution is 8.00. The molecule has 0 aliphatic carbocycles.